The Morgan fingerprint density at radius 1 is 1.37 bits per heavy atom. The lowest BCUT2D eigenvalue weighted by atomic mass is 9.98. The fraction of sp³-hybridized carbons (Fsp3) is 0.455. The van der Waals surface area contributed by atoms with Crippen LogP contribution in [0.1, 0.15) is 13.3 Å². The average Bonchev–Trinajstić information content (AvgIpc) is 2.93. The molecule has 104 valence electrons. The first-order valence-corrected chi connectivity index (χ1v) is 6.77. The molecule has 0 spiro atoms. The fourth-order valence-corrected chi connectivity index (χ4v) is 2.48. The number of hydrazine groups is 1. The van der Waals surface area contributed by atoms with E-state index in [2.05, 4.69) is 20.7 Å². The highest BCUT2D eigenvalue weighted by Gasteiger charge is 2.28. The summed E-state index contributed by atoms with van der Waals surface area (Å²) in [6, 6.07) is 1.86. The van der Waals surface area contributed by atoms with Crippen molar-refractivity contribution in [2.45, 2.75) is 18.9 Å². The molecule has 0 aliphatic rings. The van der Waals surface area contributed by atoms with Crippen molar-refractivity contribution in [3.05, 3.63) is 11.4 Å². The van der Waals surface area contributed by atoms with E-state index in [1.807, 2.05) is 18.4 Å². The van der Waals surface area contributed by atoms with E-state index in [0.717, 1.165) is 10.2 Å². The number of nitrogens with one attached hydrogen (secondary N) is 2. The molecule has 2 aromatic rings. The lowest BCUT2D eigenvalue weighted by molar-refractivity contribution is 0.132. The summed E-state index contributed by atoms with van der Waals surface area (Å²) in [5.41, 5.74) is 2.36. The molecule has 7 nitrogen and oxygen atoms in total. The van der Waals surface area contributed by atoms with Crippen molar-refractivity contribution in [1.82, 2.24) is 9.97 Å². The third kappa shape index (κ3) is 2.61. The summed E-state index contributed by atoms with van der Waals surface area (Å²) in [5, 5.41) is 24.0. The summed E-state index contributed by atoms with van der Waals surface area (Å²) in [5.74, 6) is 6.18. The van der Waals surface area contributed by atoms with Crippen molar-refractivity contribution in [2.75, 3.05) is 24.0 Å². The maximum atomic E-state index is 9.48. The molecule has 0 atom stereocenters. The third-order valence-electron chi connectivity index (χ3n) is 3.10. The first-order chi connectivity index (χ1) is 9.18. The van der Waals surface area contributed by atoms with Crippen molar-refractivity contribution in [1.29, 1.82) is 0 Å². The van der Waals surface area contributed by atoms with Crippen LogP contribution in [0.5, 0.6) is 0 Å². The van der Waals surface area contributed by atoms with Gasteiger partial charge in [0.25, 0.3) is 0 Å². The summed E-state index contributed by atoms with van der Waals surface area (Å²) >= 11 is 1.49. The molecule has 0 fully saturated rings. The van der Waals surface area contributed by atoms with Crippen molar-refractivity contribution < 1.29 is 10.2 Å². The maximum absolute atomic E-state index is 9.48. The first-order valence-electron chi connectivity index (χ1n) is 5.90. The molecule has 0 aliphatic heterocycles. The Labute approximate surface area is 114 Å². The fourth-order valence-electron chi connectivity index (χ4n) is 1.70. The second kappa shape index (κ2) is 5.66. The molecule has 2 heterocycles. The van der Waals surface area contributed by atoms with Crippen LogP contribution in [0.25, 0.3) is 10.2 Å². The van der Waals surface area contributed by atoms with Gasteiger partial charge in [0.05, 0.1) is 29.0 Å². The van der Waals surface area contributed by atoms with E-state index >= 15 is 0 Å². The van der Waals surface area contributed by atoms with E-state index in [1.165, 1.54) is 11.3 Å². The van der Waals surface area contributed by atoms with Crippen LogP contribution in [0.2, 0.25) is 0 Å². The van der Waals surface area contributed by atoms with E-state index in [9.17, 15) is 10.2 Å². The number of anilines is 2. The Bertz CT molecular complexity index is 547. The third-order valence-corrected chi connectivity index (χ3v) is 4.01. The summed E-state index contributed by atoms with van der Waals surface area (Å²) in [6.45, 7) is 1.50. The SMILES string of the molecule is CCC(CO)(CO)Nc1nc(NN)nc2ccsc12. The van der Waals surface area contributed by atoms with Gasteiger partial charge in [-0.15, -0.1) is 11.3 Å². The normalized spacial score (nSPS) is 11.8. The minimum atomic E-state index is -0.808. The topological polar surface area (TPSA) is 116 Å². The molecule has 2 rings (SSSR count). The van der Waals surface area contributed by atoms with Crippen molar-refractivity contribution in [2.24, 2.45) is 5.84 Å². The predicted molar refractivity (Wildman–Crippen MR) is 76.0 cm³/mol. The van der Waals surface area contributed by atoms with Crippen LogP contribution in [0.15, 0.2) is 11.4 Å². The Morgan fingerprint density at radius 3 is 2.68 bits per heavy atom. The molecular weight excluding hydrogens is 266 g/mol. The molecule has 6 N–H and O–H groups in total. The minimum absolute atomic E-state index is 0.192. The van der Waals surface area contributed by atoms with Gasteiger partial charge >= 0.3 is 0 Å². The van der Waals surface area contributed by atoms with E-state index in [1.54, 1.807) is 0 Å². The molecule has 0 saturated carbocycles. The minimum Gasteiger partial charge on any atom is -0.394 e. The molecular formula is C11H17N5O2S. The van der Waals surface area contributed by atoms with Gasteiger partial charge in [0.2, 0.25) is 5.95 Å². The molecule has 0 unspecified atom stereocenters. The van der Waals surface area contributed by atoms with Crippen molar-refractivity contribution in [3.63, 3.8) is 0 Å². The predicted octanol–water partition coefficient (Wildman–Crippen LogP) is 0.522. The monoisotopic (exact) mass is 283 g/mol. The Hall–Kier alpha value is -1.48. The molecule has 0 aliphatic carbocycles. The highest BCUT2D eigenvalue weighted by atomic mass is 32.1. The van der Waals surface area contributed by atoms with E-state index < -0.39 is 5.54 Å². The number of rotatable bonds is 6. The van der Waals surface area contributed by atoms with Gasteiger partial charge in [-0.25, -0.2) is 10.8 Å². The Balaban J connectivity index is 2.46. The van der Waals surface area contributed by atoms with E-state index in [0.29, 0.717) is 12.2 Å². The Morgan fingerprint density at radius 2 is 2.11 bits per heavy atom. The summed E-state index contributed by atoms with van der Waals surface area (Å²) in [7, 11) is 0. The number of nitrogens with zero attached hydrogens (tertiary/aromatic N) is 2. The van der Waals surface area contributed by atoms with Gasteiger partial charge in [-0.05, 0) is 17.9 Å². The number of aliphatic hydroxyl groups excluding tert-OH is 2. The van der Waals surface area contributed by atoms with Gasteiger partial charge in [0.15, 0.2) is 0 Å². The van der Waals surface area contributed by atoms with Crippen LogP contribution in [0, 0.1) is 0 Å². The summed E-state index contributed by atoms with van der Waals surface area (Å²) in [4.78, 5) is 8.47. The van der Waals surface area contributed by atoms with Crippen LogP contribution < -0.4 is 16.6 Å². The number of hydrogen-bond donors (Lipinski definition) is 5. The van der Waals surface area contributed by atoms with Crippen molar-refractivity contribution >= 4 is 33.3 Å². The highest BCUT2D eigenvalue weighted by molar-refractivity contribution is 7.17. The van der Waals surface area contributed by atoms with Gasteiger partial charge in [-0.2, -0.15) is 4.98 Å². The lowest BCUT2D eigenvalue weighted by Crippen LogP contribution is -2.45. The average molecular weight is 283 g/mol. The summed E-state index contributed by atoms with van der Waals surface area (Å²) in [6.07, 6.45) is 0.558. The Kier molecular flexibility index (Phi) is 4.15. The number of fused-ring (bicyclic) bond motifs is 1. The first kappa shape index (κ1) is 13.9. The highest BCUT2D eigenvalue weighted by Crippen LogP contribution is 2.29. The zero-order valence-corrected chi connectivity index (χ0v) is 11.4. The molecule has 8 heteroatoms. The molecule has 0 aromatic carbocycles. The van der Waals surface area contributed by atoms with E-state index in [4.69, 9.17) is 5.84 Å². The van der Waals surface area contributed by atoms with Crippen LogP contribution >= 0.6 is 11.3 Å². The molecule has 0 amide bonds. The second-order valence-corrected chi connectivity index (χ2v) is 5.17. The van der Waals surface area contributed by atoms with Crippen LogP contribution in [0.4, 0.5) is 11.8 Å². The lowest BCUT2D eigenvalue weighted by Gasteiger charge is -2.30. The second-order valence-electron chi connectivity index (χ2n) is 4.25. The van der Waals surface area contributed by atoms with Gasteiger partial charge in [-0.1, -0.05) is 6.92 Å². The molecule has 0 saturated heterocycles. The van der Waals surface area contributed by atoms with Gasteiger partial charge in [-0.3, -0.25) is 5.43 Å². The number of nitrogens with two attached hydrogens (primary N) is 1. The van der Waals surface area contributed by atoms with E-state index in [-0.39, 0.29) is 19.2 Å². The van der Waals surface area contributed by atoms with Gasteiger partial charge < -0.3 is 15.5 Å². The number of aromatic nitrogens is 2. The number of nitrogen functional groups attached to an aromatic ring is 1. The maximum Gasteiger partial charge on any atom is 0.239 e. The molecule has 0 bridgehead atoms. The summed E-state index contributed by atoms with van der Waals surface area (Å²) < 4.78 is 0.860. The zero-order chi connectivity index (χ0) is 13.9. The van der Waals surface area contributed by atoms with Crippen LogP contribution in [-0.4, -0.2) is 38.9 Å². The van der Waals surface area contributed by atoms with Crippen LogP contribution in [-0.2, 0) is 0 Å². The standard InChI is InChI=1S/C11H17N5O2S/c1-2-11(5-17,6-18)15-9-8-7(3-4-19-8)13-10(14-9)16-12/h3-4,17-18H,2,5-6,12H2,1H3,(H2,13,14,15,16). The molecule has 19 heavy (non-hydrogen) atoms. The molecule has 2 aromatic heterocycles. The smallest absolute Gasteiger partial charge is 0.239 e. The largest absolute Gasteiger partial charge is 0.394 e. The quantitative estimate of drug-likeness (QED) is 0.387. The van der Waals surface area contributed by atoms with Crippen molar-refractivity contribution in [3.8, 4) is 0 Å². The van der Waals surface area contributed by atoms with Crippen LogP contribution in [0.3, 0.4) is 0 Å². The number of thiophene rings is 1. The number of aliphatic hydroxyl groups is 2. The van der Waals surface area contributed by atoms with Gasteiger partial charge in [0, 0.05) is 0 Å². The number of hydrogen-bond acceptors (Lipinski definition) is 8. The zero-order valence-electron chi connectivity index (χ0n) is 10.6. The van der Waals surface area contributed by atoms with Gasteiger partial charge in [0.1, 0.15) is 5.82 Å². The molecule has 0 radical (unpaired) electrons.